The second kappa shape index (κ2) is 5.54. The van der Waals surface area contributed by atoms with Gasteiger partial charge in [0, 0.05) is 23.6 Å². The Balaban J connectivity index is 2.20. The summed E-state index contributed by atoms with van der Waals surface area (Å²) in [7, 11) is 0. The fraction of sp³-hybridized carbons (Fsp3) is 0.267. The zero-order chi connectivity index (χ0) is 15.0. The van der Waals surface area contributed by atoms with Gasteiger partial charge >= 0.3 is 0 Å². The largest absolute Gasteiger partial charge is 0.431 e. The first kappa shape index (κ1) is 14.2. The highest BCUT2D eigenvalue weighted by Gasteiger charge is 2.29. The molecule has 0 saturated carbocycles. The van der Waals surface area contributed by atoms with Crippen molar-refractivity contribution in [2.75, 3.05) is 0 Å². The quantitative estimate of drug-likeness (QED) is 0.861. The van der Waals surface area contributed by atoms with Crippen molar-refractivity contribution in [2.24, 2.45) is 11.7 Å². The van der Waals surface area contributed by atoms with Gasteiger partial charge in [0.1, 0.15) is 10.8 Å². The average molecular weight is 318 g/mol. The van der Waals surface area contributed by atoms with Crippen LogP contribution in [-0.4, -0.2) is 15.9 Å². The van der Waals surface area contributed by atoms with E-state index in [0.717, 1.165) is 22.6 Å². The number of thiocarbonyl (C=S) groups is 1. The molecule has 1 atom stereocenters. The minimum absolute atomic E-state index is 0.0772. The number of benzene rings is 1. The van der Waals surface area contributed by atoms with Crippen molar-refractivity contribution in [1.29, 1.82) is 0 Å². The van der Waals surface area contributed by atoms with Gasteiger partial charge in [0.05, 0.1) is 5.56 Å². The van der Waals surface area contributed by atoms with Crippen molar-refractivity contribution in [3.63, 3.8) is 0 Å². The molecule has 0 bridgehead atoms. The number of rotatable bonds is 2. The van der Waals surface area contributed by atoms with Crippen LogP contribution in [0, 0.1) is 5.92 Å². The highest BCUT2D eigenvalue weighted by Crippen LogP contribution is 2.39. The van der Waals surface area contributed by atoms with Crippen LogP contribution in [0.1, 0.15) is 29.3 Å². The first-order valence-corrected chi connectivity index (χ1v) is 7.91. The van der Waals surface area contributed by atoms with E-state index in [0.29, 0.717) is 23.7 Å². The number of fused-ring (bicyclic) bond motifs is 1. The molecule has 0 fully saturated rings. The van der Waals surface area contributed by atoms with Gasteiger partial charge in [-0.3, -0.25) is 4.79 Å². The molecule has 0 radical (unpaired) electrons. The van der Waals surface area contributed by atoms with Crippen LogP contribution < -0.4 is 10.5 Å². The lowest BCUT2D eigenvalue weighted by atomic mass is 9.81. The second-order valence-electron chi connectivity index (χ2n) is 5.16. The maximum atomic E-state index is 12.4. The molecule has 0 aliphatic heterocycles. The fourth-order valence-electron chi connectivity index (χ4n) is 2.73. The van der Waals surface area contributed by atoms with Crippen molar-refractivity contribution in [2.45, 2.75) is 19.8 Å². The highest BCUT2D eigenvalue weighted by atomic mass is 32.1. The third-order valence-corrected chi connectivity index (χ3v) is 4.40. The number of carbonyl (C=O) groups is 1. The van der Waals surface area contributed by atoms with Crippen LogP contribution in [0.2, 0.25) is 0 Å². The molecule has 1 heterocycles. The van der Waals surface area contributed by atoms with Crippen LogP contribution in [0.15, 0.2) is 23.7 Å². The Bertz CT molecular complexity index is 711. The summed E-state index contributed by atoms with van der Waals surface area (Å²) >= 11 is 6.35. The van der Waals surface area contributed by atoms with E-state index < -0.39 is 0 Å². The fourth-order valence-corrected chi connectivity index (χ4v) is 3.51. The van der Waals surface area contributed by atoms with Crippen LogP contribution in [0.25, 0.3) is 10.6 Å². The first-order chi connectivity index (χ1) is 10.1. The summed E-state index contributed by atoms with van der Waals surface area (Å²) < 4.78 is 5.36. The summed E-state index contributed by atoms with van der Waals surface area (Å²) in [6, 6.07) is 3.68. The molecule has 3 rings (SSSR count). The number of ether oxygens (including phenoxy) is 1. The van der Waals surface area contributed by atoms with Gasteiger partial charge in [-0.05, 0) is 42.3 Å². The number of aromatic nitrogens is 1. The van der Waals surface area contributed by atoms with E-state index in [2.05, 4.69) is 11.9 Å². The standard InChI is InChI=1S/C15H14N2O2S2/c1-8-6-10-9(14-17-4-5-21-14)2-3-12(19-15(16)20)13(10)11(18)7-8/h2-5,8H,6-7H2,1H3,(H2,16,20). The lowest BCUT2D eigenvalue weighted by molar-refractivity contribution is 0.0951. The van der Waals surface area contributed by atoms with Gasteiger partial charge in [-0.2, -0.15) is 0 Å². The maximum absolute atomic E-state index is 12.4. The van der Waals surface area contributed by atoms with E-state index in [9.17, 15) is 4.79 Å². The minimum Gasteiger partial charge on any atom is -0.431 e. The monoisotopic (exact) mass is 318 g/mol. The third-order valence-electron chi connectivity index (χ3n) is 3.51. The first-order valence-electron chi connectivity index (χ1n) is 6.62. The van der Waals surface area contributed by atoms with Gasteiger partial charge in [-0.1, -0.05) is 6.92 Å². The number of ketones is 1. The number of nitrogens with zero attached hydrogens (tertiary/aromatic N) is 1. The lowest BCUT2D eigenvalue weighted by Gasteiger charge is -2.24. The van der Waals surface area contributed by atoms with E-state index in [1.807, 2.05) is 11.4 Å². The van der Waals surface area contributed by atoms with Gasteiger partial charge in [0.15, 0.2) is 5.78 Å². The van der Waals surface area contributed by atoms with Crippen molar-refractivity contribution < 1.29 is 9.53 Å². The smallest absolute Gasteiger partial charge is 0.259 e. The summed E-state index contributed by atoms with van der Waals surface area (Å²) in [5.74, 6) is 0.840. The van der Waals surface area contributed by atoms with Crippen LogP contribution in [0.4, 0.5) is 0 Å². The molecular formula is C15H14N2O2S2. The molecule has 1 unspecified atom stereocenters. The van der Waals surface area contributed by atoms with Crippen LogP contribution in [0.3, 0.4) is 0 Å². The summed E-state index contributed by atoms with van der Waals surface area (Å²) in [4.78, 5) is 16.8. The number of hydrogen-bond acceptors (Lipinski definition) is 5. The Kier molecular flexibility index (Phi) is 3.73. The third kappa shape index (κ3) is 2.69. The van der Waals surface area contributed by atoms with Crippen LogP contribution >= 0.6 is 23.6 Å². The number of hydrogen-bond donors (Lipinski definition) is 1. The molecule has 6 heteroatoms. The van der Waals surface area contributed by atoms with Gasteiger partial charge in [-0.25, -0.2) is 4.98 Å². The van der Waals surface area contributed by atoms with E-state index in [4.69, 9.17) is 22.7 Å². The number of carbonyl (C=O) groups excluding carboxylic acids is 1. The summed E-state index contributed by atoms with van der Waals surface area (Å²) in [6.07, 6.45) is 3.10. The van der Waals surface area contributed by atoms with Crippen molar-refractivity contribution in [3.8, 4) is 16.3 Å². The molecule has 0 amide bonds. The second-order valence-corrected chi connectivity index (χ2v) is 6.46. The van der Waals surface area contributed by atoms with Crippen molar-refractivity contribution in [1.82, 2.24) is 4.98 Å². The van der Waals surface area contributed by atoms with Crippen LogP contribution in [-0.2, 0) is 6.42 Å². The Morgan fingerprint density at radius 3 is 2.95 bits per heavy atom. The van der Waals surface area contributed by atoms with Crippen molar-refractivity contribution in [3.05, 3.63) is 34.8 Å². The van der Waals surface area contributed by atoms with Gasteiger partial charge in [0.25, 0.3) is 5.17 Å². The number of thiazole rings is 1. The zero-order valence-electron chi connectivity index (χ0n) is 11.5. The molecule has 1 aliphatic carbocycles. The van der Waals surface area contributed by atoms with Crippen molar-refractivity contribution >= 4 is 34.5 Å². The SMILES string of the molecule is CC1CC(=O)c2c(OC(N)=S)ccc(-c3nccs3)c2C1. The molecule has 0 saturated heterocycles. The molecule has 0 spiro atoms. The molecule has 21 heavy (non-hydrogen) atoms. The Morgan fingerprint density at radius 2 is 2.29 bits per heavy atom. The number of Topliss-reactive ketones (excluding diaryl/α,β-unsaturated/α-hetero) is 1. The van der Waals surface area contributed by atoms with E-state index in [1.54, 1.807) is 23.6 Å². The Hall–Kier alpha value is -1.79. The Morgan fingerprint density at radius 1 is 1.48 bits per heavy atom. The molecule has 2 N–H and O–H groups in total. The molecule has 1 aromatic heterocycles. The molecule has 1 aromatic carbocycles. The normalized spacial score (nSPS) is 17.4. The molecule has 4 nitrogen and oxygen atoms in total. The maximum Gasteiger partial charge on any atom is 0.259 e. The Labute approximate surface area is 132 Å². The topological polar surface area (TPSA) is 65.2 Å². The molecule has 108 valence electrons. The molecular weight excluding hydrogens is 304 g/mol. The molecule has 2 aromatic rings. The predicted molar refractivity (Wildman–Crippen MR) is 86.8 cm³/mol. The summed E-state index contributed by atoms with van der Waals surface area (Å²) in [6.45, 7) is 2.08. The summed E-state index contributed by atoms with van der Waals surface area (Å²) in [5.41, 5.74) is 8.04. The van der Waals surface area contributed by atoms with Gasteiger partial charge in [-0.15, -0.1) is 11.3 Å². The van der Waals surface area contributed by atoms with E-state index in [1.165, 1.54) is 0 Å². The van der Waals surface area contributed by atoms with E-state index >= 15 is 0 Å². The molecule has 1 aliphatic rings. The van der Waals surface area contributed by atoms with Crippen LogP contribution in [0.5, 0.6) is 5.75 Å². The van der Waals surface area contributed by atoms with Gasteiger partial charge in [0.2, 0.25) is 0 Å². The predicted octanol–water partition coefficient (Wildman–Crippen LogP) is 3.20. The lowest BCUT2D eigenvalue weighted by Crippen LogP contribution is -2.23. The minimum atomic E-state index is -0.0781. The number of nitrogens with two attached hydrogens (primary N) is 1. The average Bonchev–Trinajstić information content (AvgIpc) is 2.91. The van der Waals surface area contributed by atoms with E-state index in [-0.39, 0.29) is 11.0 Å². The highest BCUT2D eigenvalue weighted by molar-refractivity contribution is 7.80. The summed E-state index contributed by atoms with van der Waals surface area (Å²) in [5, 5.41) is 2.76. The van der Waals surface area contributed by atoms with Gasteiger partial charge < -0.3 is 10.5 Å². The zero-order valence-corrected chi connectivity index (χ0v) is 13.1.